The molecule has 0 bridgehead atoms. The molecule has 1 aromatic carbocycles. The third-order valence-electron chi connectivity index (χ3n) is 3.05. The van der Waals surface area contributed by atoms with Crippen molar-refractivity contribution in [2.45, 2.75) is 25.4 Å². The lowest BCUT2D eigenvalue weighted by atomic mass is 9.99. The molecule has 0 amide bonds. The molecule has 0 saturated heterocycles. The van der Waals surface area contributed by atoms with Gasteiger partial charge in [0.05, 0.1) is 5.52 Å². The van der Waals surface area contributed by atoms with Crippen LogP contribution < -0.4 is 11.5 Å². The van der Waals surface area contributed by atoms with Gasteiger partial charge >= 0.3 is 5.76 Å². The highest BCUT2D eigenvalue weighted by atomic mass is 16.4. The molecule has 1 aromatic heterocycles. The van der Waals surface area contributed by atoms with Crippen LogP contribution in [0, 0.1) is 0 Å². The monoisotopic (exact) mass is 249 g/mol. The van der Waals surface area contributed by atoms with E-state index in [0.717, 1.165) is 17.5 Å². The number of rotatable bonds is 4. The summed E-state index contributed by atoms with van der Waals surface area (Å²) >= 11 is 0. The third-order valence-corrected chi connectivity index (χ3v) is 3.05. The van der Waals surface area contributed by atoms with E-state index in [-0.39, 0.29) is 12.1 Å². The predicted molar refractivity (Wildman–Crippen MR) is 71.5 cm³/mol. The maximum Gasteiger partial charge on any atom is 0.417 e. The van der Waals surface area contributed by atoms with Crippen molar-refractivity contribution in [2.75, 3.05) is 14.1 Å². The molecule has 1 heterocycles. The summed E-state index contributed by atoms with van der Waals surface area (Å²) in [5, 5.41) is 0. The van der Waals surface area contributed by atoms with Crippen LogP contribution in [0.5, 0.6) is 0 Å². The number of fused-ring (bicyclic) bond motifs is 1. The Hall–Kier alpha value is -1.59. The Kier molecular flexibility index (Phi) is 3.54. The van der Waals surface area contributed by atoms with Crippen LogP contribution in [-0.2, 0) is 0 Å². The molecule has 0 aliphatic carbocycles. The second kappa shape index (κ2) is 4.96. The van der Waals surface area contributed by atoms with E-state index in [4.69, 9.17) is 10.2 Å². The summed E-state index contributed by atoms with van der Waals surface area (Å²) in [6, 6.07) is 6.10. The van der Waals surface area contributed by atoms with Gasteiger partial charge in [0.15, 0.2) is 5.58 Å². The second-order valence-electron chi connectivity index (χ2n) is 4.96. The van der Waals surface area contributed by atoms with Gasteiger partial charge in [0.1, 0.15) is 0 Å². The number of hydrogen-bond acceptors (Lipinski definition) is 4. The van der Waals surface area contributed by atoms with Crippen molar-refractivity contribution in [3.05, 3.63) is 34.3 Å². The minimum absolute atomic E-state index is 0.122. The summed E-state index contributed by atoms with van der Waals surface area (Å²) < 4.78 is 4.99. The van der Waals surface area contributed by atoms with Crippen molar-refractivity contribution < 1.29 is 4.42 Å². The molecule has 2 rings (SSSR count). The average Bonchev–Trinajstić information content (AvgIpc) is 2.64. The molecule has 3 N–H and O–H groups in total. The Morgan fingerprint density at radius 2 is 2.17 bits per heavy atom. The highest BCUT2D eigenvalue weighted by Crippen LogP contribution is 2.25. The van der Waals surface area contributed by atoms with Gasteiger partial charge < -0.3 is 15.1 Å². The van der Waals surface area contributed by atoms with Crippen LogP contribution in [0.2, 0.25) is 0 Å². The van der Waals surface area contributed by atoms with Crippen molar-refractivity contribution in [3.8, 4) is 0 Å². The van der Waals surface area contributed by atoms with Crippen LogP contribution in [0.25, 0.3) is 11.1 Å². The van der Waals surface area contributed by atoms with Gasteiger partial charge in [0.25, 0.3) is 0 Å². The molecule has 0 aliphatic rings. The lowest BCUT2D eigenvalue weighted by Gasteiger charge is -2.26. The standard InChI is InChI=1S/C13H19N3O2/c1-8(14)6-11(16(2)3)9-4-5-12-10(7-9)15-13(17)18-12/h4-5,7-8,11H,6,14H2,1-3H3,(H,15,17). The molecule has 2 unspecified atom stereocenters. The Morgan fingerprint density at radius 3 is 2.78 bits per heavy atom. The number of nitrogens with one attached hydrogen (secondary N) is 1. The van der Waals surface area contributed by atoms with Gasteiger partial charge in [0.2, 0.25) is 0 Å². The molecule has 0 saturated carbocycles. The number of nitrogens with zero attached hydrogens (tertiary/aromatic N) is 1. The molecule has 0 fully saturated rings. The summed E-state index contributed by atoms with van der Waals surface area (Å²) in [5.74, 6) is -0.421. The number of aromatic amines is 1. The van der Waals surface area contributed by atoms with Crippen molar-refractivity contribution in [2.24, 2.45) is 5.73 Å². The van der Waals surface area contributed by atoms with E-state index in [1.165, 1.54) is 0 Å². The van der Waals surface area contributed by atoms with E-state index in [1.54, 1.807) is 0 Å². The van der Waals surface area contributed by atoms with Crippen LogP contribution in [0.1, 0.15) is 24.9 Å². The minimum atomic E-state index is -0.421. The van der Waals surface area contributed by atoms with Crippen molar-refractivity contribution in [3.63, 3.8) is 0 Å². The fourth-order valence-electron chi connectivity index (χ4n) is 2.17. The first-order chi connectivity index (χ1) is 8.47. The summed E-state index contributed by atoms with van der Waals surface area (Å²) in [6.07, 6.45) is 0.862. The molecule has 5 nitrogen and oxygen atoms in total. The van der Waals surface area contributed by atoms with Gasteiger partial charge in [-0.05, 0) is 45.1 Å². The first-order valence-corrected chi connectivity index (χ1v) is 6.02. The lowest BCUT2D eigenvalue weighted by Crippen LogP contribution is -2.27. The minimum Gasteiger partial charge on any atom is -0.408 e. The Bertz CT molecular complexity index is 583. The molecular weight excluding hydrogens is 230 g/mol. The van der Waals surface area contributed by atoms with Gasteiger partial charge in [-0.1, -0.05) is 6.07 Å². The number of H-pyrrole nitrogens is 1. The van der Waals surface area contributed by atoms with Crippen LogP contribution in [0.15, 0.2) is 27.4 Å². The molecule has 5 heteroatoms. The van der Waals surface area contributed by atoms with Crippen molar-refractivity contribution in [1.29, 1.82) is 0 Å². The van der Waals surface area contributed by atoms with E-state index in [9.17, 15) is 4.79 Å². The maximum absolute atomic E-state index is 11.1. The summed E-state index contributed by atoms with van der Waals surface area (Å²) in [4.78, 5) is 15.9. The SMILES string of the molecule is CC(N)CC(c1ccc2oc(=O)[nH]c2c1)N(C)C. The lowest BCUT2D eigenvalue weighted by molar-refractivity contribution is 0.272. The first-order valence-electron chi connectivity index (χ1n) is 6.02. The molecule has 2 atom stereocenters. The highest BCUT2D eigenvalue weighted by molar-refractivity contribution is 5.72. The topological polar surface area (TPSA) is 75.3 Å². The summed E-state index contributed by atoms with van der Waals surface area (Å²) in [6.45, 7) is 1.99. The Labute approximate surface area is 106 Å². The smallest absolute Gasteiger partial charge is 0.408 e. The molecular formula is C13H19N3O2. The van der Waals surface area contributed by atoms with E-state index in [0.29, 0.717) is 5.58 Å². The van der Waals surface area contributed by atoms with E-state index in [2.05, 4.69) is 9.88 Å². The second-order valence-corrected chi connectivity index (χ2v) is 4.96. The molecule has 0 aliphatic heterocycles. The fourth-order valence-corrected chi connectivity index (χ4v) is 2.17. The third kappa shape index (κ3) is 2.63. The Morgan fingerprint density at radius 1 is 1.44 bits per heavy atom. The predicted octanol–water partition coefficient (Wildman–Crippen LogP) is 1.46. The van der Waals surface area contributed by atoms with E-state index in [1.807, 2.05) is 39.2 Å². The number of benzene rings is 1. The van der Waals surface area contributed by atoms with E-state index < -0.39 is 5.76 Å². The summed E-state index contributed by atoms with van der Waals surface area (Å²) in [5.41, 5.74) is 8.32. The maximum atomic E-state index is 11.1. The van der Waals surface area contributed by atoms with Gasteiger partial charge in [-0.2, -0.15) is 0 Å². The number of oxazole rings is 1. The van der Waals surface area contributed by atoms with Crippen molar-refractivity contribution in [1.82, 2.24) is 9.88 Å². The molecule has 0 radical (unpaired) electrons. The fraction of sp³-hybridized carbons (Fsp3) is 0.462. The molecule has 2 aromatic rings. The number of aromatic nitrogens is 1. The van der Waals surface area contributed by atoms with Gasteiger partial charge in [0, 0.05) is 12.1 Å². The number of hydrogen-bond donors (Lipinski definition) is 2. The molecule has 98 valence electrons. The normalized spacial score (nSPS) is 15.2. The molecule has 0 spiro atoms. The van der Waals surface area contributed by atoms with E-state index >= 15 is 0 Å². The zero-order valence-corrected chi connectivity index (χ0v) is 10.9. The van der Waals surface area contributed by atoms with Crippen LogP contribution in [-0.4, -0.2) is 30.0 Å². The van der Waals surface area contributed by atoms with Gasteiger partial charge in [-0.15, -0.1) is 0 Å². The zero-order chi connectivity index (χ0) is 13.3. The van der Waals surface area contributed by atoms with Gasteiger partial charge in [-0.25, -0.2) is 4.79 Å². The van der Waals surface area contributed by atoms with Crippen molar-refractivity contribution >= 4 is 11.1 Å². The number of nitrogens with two attached hydrogens (primary N) is 1. The van der Waals surface area contributed by atoms with Crippen LogP contribution >= 0.6 is 0 Å². The Balaban J connectivity index is 2.40. The summed E-state index contributed by atoms with van der Waals surface area (Å²) in [7, 11) is 4.05. The quantitative estimate of drug-likeness (QED) is 0.860. The largest absolute Gasteiger partial charge is 0.417 e. The van der Waals surface area contributed by atoms with Crippen LogP contribution in [0.4, 0.5) is 0 Å². The molecule has 18 heavy (non-hydrogen) atoms. The van der Waals surface area contributed by atoms with Gasteiger partial charge in [-0.3, -0.25) is 4.98 Å². The first kappa shape index (κ1) is 12.9. The average molecular weight is 249 g/mol. The zero-order valence-electron chi connectivity index (χ0n) is 10.9. The highest BCUT2D eigenvalue weighted by Gasteiger charge is 2.17. The van der Waals surface area contributed by atoms with Crippen LogP contribution in [0.3, 0.4) is 0 Å².